The third-order valence-electron chi connectivity index (χ3n) is 2.19. The van der Waals surface area contributed by atoms with Gasteiger partial charge in [0.1, 0.15) is 18.3 Å². The lowest BCUT2D eigenvalue weighted by atomic mass is 9.99. The Kier molecular flexibility index (Phi) is 4.10. The van der Waals surface area contributed by atoms with Gasteiger partial charge in [0.25, 0.3) is 0 Å². The quantitative estimate of drug-likeness (QED) is 0.487. The summed E-state index contributed by atoms with van der Waals surface area (Å²) in [5, 5.41) is 44.1. The number of nitrogens with zero attached hydrogens (tertiary/aromatic N) is 2. The Morgan fingerprint density at radius 1 is 1.20 bits per heavy atom. The molecule has 3 atom stereocenters. The standard InChI is InChI=1S/C9H14N2O4/c1-5-2-10-11-3-6(5)8(14)9(15)7(13)4-12/h2-3,7-9,12-15H,4H2,1H3. The number of rotatable bonds is 4. The monoisotopic (exact) mass is 214 g/mol. The highest BCUT2D eigenvalue weighted by Crippen LogP contribution is 2.20. The van der Waals surface area contributed by atoms with Gasteiger partial charge < -0.3 is 20.4 Å². The van der Waals surface area contributed by atoms with Gasteiger partial charge in [-0.1, -0.05) is 0 Å². The summed E-state index contributed by atoms with van der Waals surface area (Å²) in [6, 6.07) is 0. The van der Waals surface area contributed by atoms with Crippen LogP contribution in [0.4, 0.5) is 0 Å². The summed E-state index contributed by atoms with van der Waals surface area (Å²) in [4.78, 5) is 0. The van der Waals surface area contributed by atoms with Crippen molar-refractivity contribution in [2.45, 2.75) is 25.2 Å². The van der Waals surface area contributed by atoms with E-state index in [2.05, 4.69) is 10.2 Å². The number of aryl methyl sites for hydroxylation is 1. The van der Waals surface area contributed by atoms with Crippen molar-refractivity contribution >= 4 is 0 Å². The molecule has 3 unspecified atom stereocenters. The Bertz CT molecular complexity index is 321. The highest BCUT2D eigenvalue weighted by atomic mass is 16.4. The van der Waals surface area contributed by atoms with Crippen LogP contribution in [0.2, 0.25) is 0 Å². The van der Waals surface area contributed by atoms with Gasteiger partial charge >= 0.3 is 0 Å². The van der Waals surface area contributed by atoms with Crippen LogP contribution in [0, 0.1) is 6.92 Å². The molecular weight excluding hydrogens is 200 g/mol. The van der Waals surface area contributed by atoms with E-state index in [0.29, 0.717) is 11.1 Å². The average molecular weight is 214 g/mol. The van der Waals surface area contributed by atoms with Crippen molar-refractivity contribution in [1.82, 2.24) is 10.2 Å². The summed E-state index contributed by atoms with van der Waals surface area (Å²) in [7, 11) is 0. The van der Waals surface area contributed by atoms with Crippen LogP contribution in [0.1, 0.15) is 17.2 Å². The lowest BCUT2D eigenvalue weighted by Gasteiger charge is -2.22. The lowest BCUT2D eigenvalue weighted by Crippen LogP contribution is -2.35. The second kappa shape index (κ2) is 5.13. The summed E-state index contributed by atoms with van der Waals surface area (Å²) >= 11 is 0. The molecule has 1 aromatic heterocycles. The van der Waals surface area contributed by atoms with Gasteiger partial charge in [0.05, 0.1) is 19.0 Å². The van der Waals surface area contributed by atoms with Gasteiger partial charge in [0.2, 0.25) is 0 Å². The fourth-order valence-electron chi connectivity index (χ4n) is 1.20. The van der Waals surface area contributed by atoms with Crippen LogP contribution in [-0.4, -0.2) is 49.4 Å². The molecule has 1 aromatic rings. The van der Waals surface area contributed by atoms with Gasteiger partial charge in [0.15, 0.2) is 0 Å². The molecule has 0 spiro atoms. The Morgan fingerprint density at radius 3 is 2.33 bits per heavy atom. The van der Waals surface area contributed by atoms with Crippen LogP contribution in [0.3, 0.4) is 0 Å². The molecule has 4 N–H and O–H groups in total. The van der Waals surface area contributed by atoms with Crippen molar-refractivity contribution < 1.29 is 20.4 Å². The second-order valence-corrected chi connectivity index (χ2v) is 3.31. The molecule has 1 heterocycles. The van der Waals surface area contributed by atoms with Crippen molar-refractivity contribution in [2.24, 2.45) is 0 Å². The Hall–Kier alpha value is -1.08. The van der Waals surface area contributed by atoms with Crippen LogP contribution in [0.5, 0.6) is 0 Å². The molecule has 0 radical (unpaired) electrons. The van der Waals surface area contributed by atoms with Crippen LogP contribution >= 0.6 is 0 Å². The lowest BCUT2D eigenvalue weighted by molar-refractivity contribution is -0.0779. The molecule has 0 bridgehead atoms. The molecule has 6 nitrogen and oxygen atoms in total. The number of hydrogen-bond donors (Lipinski definition) is 4. The first kappa shape index (κ1) is 12.0. The minimum atomic E-state index is -1.45. The highest BCUT2D eigenvalue weighted by molar-refractivity contribution is 5.22. The van der Waals surface area contributed by atoms with E-state index < -0.39 is 24.9 Å². The first-order valence-electron chi connectivity index (χ1n) is 4.50. The van der Waals surface area contributed by atoms with Gasteiger partial charge in [-0.05, 0) is 12.5 Å². The van der Waals surface area contributed by atoms with Crippen LogP contribution < -0.4 is 0 Å². The predicted octanol–water partition coefficient (Wildman–Crippen LogP) is -1.47. The number of aromatic nitrogens is 2. The first-order chi connectivity index (χ1) is 7.07. The largest absolute Gasteiger partial charge is 0.394 e. The zero-order valence-corrected chi connectivity index (χ0v) is 8.28. The zero-order valence-electron chi connectivity index (χ0n) is 8.28. The fourth-order valence-corrected chi connectivity index (χ4v) is 1.20. The van der Waals surface area contributed by atoms with Crippen molar-refractivity contribution in [2.75, 3.05) is 6.61 Å². The molecule has 84 valence electrons. The van der Waals surface area contributed by atoms with Gasteiger partial charge in [-0.25, -0.2) is 0 Å². The molecule has 0 saturated heterocycles. The Labute approximate surface area is 86.8 Å². The van der Waals surface area contributed by atoms with Gasteiger partial charge in [-0.15, -0.1) is 0 Å². The summed E-state index contributed by atoms with van der Waals surface area (Å²) in [5.41, 5.74) is 1.03. The number of aliphatic hydroxyl groups is 4. The predicted molar refractivity (Wildman–Crippen MR) is 50.8 cm³/mol. The molecule has 6 heteroatoms. The van der Waals surface area contributed by atoms with Gasteiger partial charge in [-0.2, -0.15) is 10.2 Å². The van der Waals surface area contributed by atoms with Gasteiger partial charge in [-0.3, -0.25) is 0 Å². The van der Waals surface area contributed by atoms with E-state index in [4.69, 9.17) is 10.2 Å². The third-order valence-corrected chi connectivity index (χ3v) is 2.19. The van der Waals surface area contributed by atoms with E-state index in [0.717, 1.165) is 0 Å². The molecule has 1 rings (SSSR count). The second-order valence-electron chi connectivity index (χ2n) is 3.31. The van der Waals surface area contributed by atoms with E-state index in [-0.39, 0.29) is 0 Å². The average Bonchev–Trinajstić information content (AvgIpc) is 2.26. The fraction of sp³-hybridized carbons (Fsp3) is 0.556. The summed E-state index contributed by atoms with van der Waals surface area (Å²) in [5.74, 6) is 0. The molecule has 0 aliphatic heterocycles. The van der Waals surface area contributed by atoms with Crippen molar-refractivity contribution in [3.8, 4) is 0 Å². The van der Waals surface area contributed by atoms with Crippen LogP contribution in [0.25, 0.3) is 0 Å². The Balaban J connectivity index is 2.85. The minimum Gasteiger partial charge on any atom is -0.394 e. The maximum Gasteiger partial charge on any atom is 0.112 e. The number of aliphatic hydroxyl groups excluding tert-OH is 4. The minimum absolute atomic E-state index is 0.380. The Morgan fingerprint density at radius 2 is 1.80 bits per heavy atom. The maximum absolute atomic E-state index is 9.68. The SMILES string of the molecule is Cc1cnncc1C(O)C(O)C(O)CO. The van der Waals surface area contributed by atoms with E-state index in [9.17, 15) is 10.2 Å². The highest BCUT2D eigenvalue weighted by Gasteiger charge is 2.26. The van der Waals surface area contributed by atoms with Crippen molar-refractivity contribution in [3.05, 3.63) is 23.5 Å². The van der Waals surface area contributed by atoms with Crippen molar-refractivity contribution in [1.29, 1.82) is 0 Å². The summed E-state index contributed by atoms with van der Waals surface area (Å²) < 4.78 is 0. The van der Waals surface area contributed by atoms with Gasteiger partial charge in [0, 0.05) is 5.56 Å². The third kappa shape index (κ3) is 2.69. The van der Waals surface area contributed by atoms with E-state index >= 15 is 0 Å². The number of hydrogen-bond acceptors (Lipinski definition) is 6. The molecule has 0 amide bonds. The van der Waals surface area contributed by atoms with Crippen LogP contribution in [-0.2, 0) is 0 Å². The van der Waals surface area contributed by atoms with Crippen molar-refractivity contribution in [3.63, 3.8) is 0 Å². The maximum atomic E-state index is 9.68. The molecule has 0 aromatic carbocycles. The molecular formula is C9H14N2O4. The summed E-state index contributed by atoms with van der Waals surface area (Å²) in [6.45, 7) is 1.08. The zero-order chi connectivity index (χ0) is 11.4. The van der Waals surface area contributed by atoms with E-state index in [1.165, 1.54) is 12.4 Å². The van der Waals surface area contributed by atoms with E-state index in [1.54, 1.807) is 6.92 Å². The summed E-state index contributed by atoms with van der Waals surface area (Å²) in [6.07, 6.45) is -1.36. The normalized spacial score (nSPS) is 17.1. The van der Waals surface area contributed by atoms with E-state index in [1.807, 2.05) is 0 Å². The molecule has 0 aliphatic carbocycles. The first-order valence-corrected chi connectivity index (χ1v) is 4.50. The smallest absolute Gasteiger partial charge is 0.112 e. The topological polar surface area (TPSA) is 107 Å². The molecule has 0 fully saturated rings. The molecule has 0 saturated carbocycles. The molecule has 15 heavy (non-hydrogen) atoms. The molecule has 0 aliphatic rings. The van der Waals surface area contributed by atoms with Crippen LogP contribution in [0.15, 0.2) is 12.4 Å².